The molecule has 1 saturated heterocycles. The molecule has 0 spiro atoms. The van der Waals surface area contributed by atoms with Crippen LogP contribution in [0.3, 0.4) is 0 Å². The highest BCUT2D eigenvalue weighted by Crippen LogP contribution is 2.10. The van der Waals surface area contributed by atoms with E-state index in [1.54, 1.807) is 4.90 Å². The van der Waals surface area contributed by atoms with Gasteiger partial charge in [-0.1, -0.05) is 0 Å². The van der Waals surface area contributed by atoms with Crippen molar-refractivity contribution in [3.63, 3.8) is 0 Å². The van der Waals surface area contributed by atoms with Gasteiger partial charge in [-0.15, -0.1) is 0 Å². The van der Waals surface area contributed by atoms with Crippen molar-refractivity contribution in [1.82, 2.24) is 4.90 Å². The molecule has 0 aromatic rings. The minimum absolute atomic E-state index is 0.0450. The first kappa shape index (κ1) is 12.0. The quantitative estimate of drug-likeness (QED) is 0.665. The van der Waals surface area contributed by atoms with E-state index in [0.717, 1.165) is 19.3 Å². The summed E-state index contributed by atoms with van der Waals surface area (Å²) in [7, 11) is 1.35. The normalized spacial score (nSPS) is 22.4. The van der Waals surface area contributed by atoms with Crippen LogP contribution in [0.5, 0.6) is 0 Å². The van der Waals surface area contributed by atoms with Gasteiger partial charge in [-0.05, 0) is 19.3 Å². The van der Waals surface area contributed by atoms with Crippen LogP contribution in [0.15, 0.2) is 0 Å². The van der Waals surface area contributed by atoms with E-state index in [0.29, 0.717) is 13.1 Å². The van der Waals surface area contributed by atoms with Gasteiger partial charge >= 0.3 is 5.97 Å². The maximum atomic E-state index is 11.7. The highest BCUT2D eigenvalue weighted by Gasteiger charge is 2.23. The third-order valence-corrected chi connectivity index (χ3v) is 2.64. The number of nitrogens with two attached hydrogens (primary N) is 1. The first-order valence-corrected chi connectivity index (χ1v) is 5.26. The van der Waals surface area contributed by atoms with Crippen LogP contribution in [0.1, 0.15) is 25.7 Å². The fourth-order valence-electron chi connectivity index (χ4n) is 1.69. The molecule has 0 aromatic carbocycles. The topological polar surface area (TPSA) is 72.6 Å². The summed E-state index contributed by atoms with van der Waals surface area (Å²) in [6.45, 7) is 1.11. The zero-order chi connectivity index (χ0) is 11.3. The lowest BCUT2D eigenvalue weighted by Crippen LogP contribution is -2.43. The summed E-state index contributed by atoms with van der Waals surface area (Å²) in [6.07, 6.45) is 2.92. The van der Waals surface area contributed by atoms with Gasteiger partial charge in [-0.3, -0.25) is 9.59 Å². The molecule has 0 aromatic heterocycles. The molecule has 1 unspecified atom stereocenters. The Bertz CT molecular complexity index is 243. The molecule has 1 rings (SSSR count). The molecule has 15 heavy (non-hydrogen) atoms. The van der Waals surface area contributed by atoms with Gasteiger partial charge in [-0.2, -0.15) is 0 Å². The number of hydrogen-bond acceptors (Lipinski definition) is 4. The molecule has 5 nitrogen and oxygen atoms in total. The predicted molar refractivity (Wildman–Crippen MR) is 55.0 cm³/mol. The van der Waals surface area contributed by atoms with E-state index in [1.807, 2.05) is 0 Å². The van der Waals surface area contributed by atoms with E-state index in [2.05, 4.69) is 4.74 Å². The monoisotopic (exact) mass is 214 g/mol. The fourth-order valence-corrected chi connectivity index (χ4v) is 1.69. The largest absolute Gasteiger partial charge is 0.469 e. The first-order chi connectivity index (χ1) is 7.15. The standard InChI is InChI=1S/C10H18N2O3/c1-15-9(13)5-7-12-6-3-2-4-8(11)10(12)14/h8H,2-7,11H2,1H3. The Morgan fingerprint density at radius 1 is 1.60 bits per heavy atom. The summed E-state index contributed by atoms with van der Waals surface area (Å²) < 4.78 is 4.53. The van der Waals surface area contributed by atoms with Gasteiger partial charge in [0.2, 0.25) is 5.91 Å². The molecular formula is C10H18N2O3. The molecule has 1 aliphatic rings. The predicted octanol–water partition coefficient (Wildman–Crippen LogP) is -0.111. The van der Waals surface area contributed by atoms with Crippen molar-refractivity contribution >= 4 is 11.9 Å². The molecule has 1 atom stereocenters. The number of carbonyl (C=O) groups is 2. The van der Waals surface area contributed by atoms with Crippen molar-refractivity contribution < 1.29 is 14.3 Å². The highest BCUT2D eigenvalue weighted by molar-refractivity contribution is 5.82. The van der Waals surface area contributed by atoms with E-state index < -0.39 is 6.04 Å². The van der Waals surface area contributed by atoms with Crippen molar-refractivity contribution in [3.8, 4) is 0 Å². The van der Waals surface area contributed by atoms with Crippen molar-refractivity contribution in [1.29, 1.82) is 0 Å². The Labute approximate surface area is 89.6 Å². The summed E-state index contributed by atoms with van der Waals surface area (Å²) in [5.41, 5.74) is 5.70. The second kappa shape index (κ2) is 5.70. The van der Waals surface area contributed by atoms with Gasteiger partial charge in [0.25, 0.3) is 0 Å². The SMILES string of the molecule is COC(=O)CCN1CCCCC(N)C1=O. The van der Waals surface area contributed by atoms with Crippen LogP contribution in [-0.4, -0.2) is 43.0 Å². The molecule has 1 amide bonds. The number of likely N-dealkylation sites (tertiary alicyclic amines) is 1. The minimum atomic E-state index is -0.398. The van der Waals surface area contributed by atoms with Crippen LogP contribution in [-0.2, 0) is 14.3 Å². The zero-order valence-electron chi connectivity index (χ0n) is 9.07. The zero-order valence-corrected chi connectivity index (χ0v) is 9.07. The average molecular weight is 214 g/mol. The van der Waals surface area contributed by atoms with E-state index in [4.69, 9.17) is 5.73 Å². The molecular weight excluding hydrogens is 196 g/mol. The Kier molecular flexibility index (Phi) is 4.55. The number of esters is 1. The molecule has 86 valence electrons. The number of rotatable bonds is 3. The average Bonchev–Trinajstić information content (AvgIpc) is 2.40. The summed E-state index contributed by atoms with van der Waals surface area (Å²) in [6, 6.07) is -0.398. The maximum Gasteiger partial charge on any atom is 0.307 e. The van der Waals surface area contributed by atoms with Crippen LogP contribution in [0.25, 0.3) is 0 Å². The molecule has 2 N–H and O–H groups in total. The molecule has 0 aliphatic carbocycles. The van der Waals surface area contributed by atoms with Crippen molar-refractivity contribution in [2.45, 2.75) is 31.7 Å². The number of methoxy groups -OCH3 is 1. The van der Waals surface area contributed by atoms with Crippen molar-refractivity contribution in [2.24, 2.45) is 5.73 Å². The number of carbonyl (C=O) groups excluding carboxylic acids is 2. The lowest BCUT2D eigenvalue weighted by molar-refractivity contribution is -0.141. The first-order valence-electron chi connectivity index (χ1n) is 5.26. The second-order valence-corrected chi connectivity index (χ2v) is 3.75. The Morgan fingerprint density at radius 2 is 2.33 bits per heavy atom. The van der Waals surface area contributed by atoms with E-state index in [-0.39, 0.29) is 18.3 Å². The summed E-state index contributed by atoms with van der Waals surface area (Å²) in [5.74, 6) is -0.336. The van der Waals surface area contributed by atoms with Crippen LogP contribution in [0.4, 0.5) is 0 Å². The molecule has 0 saturated carbocycles. The maximum absolute atomic E-state index is 11.7. The van der Waals surface area contributed by atoms with Crippen LogP contribution in [0.2, 0.25) is 0 Å². The van der Waals surface area contributed by atoms with Gasteiger partial charge in [-0.25, -0.2) is 0 Å². The van der Waals surface area contributed by atoms with E-state index in [9.17, 15) is 9.59 Å². The Balaban J connectivity index is 2.44. The summed E-state index contributed by atoms with van der Waals surface area (Å²) >= 11 is 0. The number of amides is 1. The van der Waals surface area contributed by atoms with Gasteiger partial charge in [0, 0.05) is 13.1 Å². The molecule has 0 bridgehead atoms. The fraction of sp³-hybridized carbons (Fsp3) is 0.800. The molecule has 0 radical (unpaired) electrons. The van der Waals surface area contributed by atoms with E-state index >= 15 is 0 Å². The minimum Gasteiger partial charge on any atom is -0.469 e. The van der Waals surface area contributed by atoms with Gasteiger partial charge < -0.3 is 15.4 Å². The van der Waals surface area contributed by atoms with Gasteiger partial charge in [0.15, 0.2) is 0 Å². The summed E-state index contributed by atoms with van der Waals surface area (Å²) in [4.78, 5) is 24.3. The third-order valence-electron chi connectivity index (χ3n) is 2.64. The van der Waals surface area contributed by atoms with Gasteiger partial charge in [0.1, 0.15) is 0 Å². The van der Waals surface area contributed by atoms with E-state index in [1.165, 1.54) is 7.11 Å². The van der Waals surface area contributed by atoms with Crippen LogP contribution in [0, 0.1) is 0 Å². The van der Waals surface area contributed by atoms with Crippen LogP contribution < -0.4 is 5.73 Å². The number of ether oxygens (including phenoxy) is 1. The number of hydrogen-bond donors (Lipinski definition) is 1. The molecule has 1 heterocycles. The lowest BCUT2D eigenvalue weighted by Gasteiger charge is -2.21. The smallest absolute Gasteiger partial charge is 0.307 e. The molecule has 5 heteroatoms. The Morgan fingerprint density at radius 3 is 3.00 bits per heavy atom. The molecule has 1 aliphatic heterocycles. The van der Waals surface area contributed by atoms with Gasteiger partial charge in [0.05, 0.1) is 19.6 Å². The van der Waals surface area contributed by atoms with Crippen molar-refractivity contribution in [3.05, 3.63) is 0 Å². The summed E-state index contributed by atoms with van der Waals surface area (Å²) in [5, 5.41) is 0. The lowest BCUT2D eigenvalue weighted by atomic mass is 10.1. The highest BCUT2D eigenvalue weighted by atomic mass is 16.5. The number of nitrogens with zero attached hydrogens (tertiary/aromatic N) is 1. The third kappa shape index (κ3) is 3.51. The van der Waals surface area contributed by atoms with Crippen molar-refractivity contribution in [2.75, 3.05) is 20.2 Å². The second-order valence-electron chi connectivity index (χ2n) is 3.75. The Hall–Kier alpha value is -1.10. The molecule has 1 fully saturated rings. The van der Waals surface area contributed by atoms with Crippen LogP contribution >= 0.6 is 0 Å².